The Morgan fingerprint density at radius 2 is 1.02 bits per heavy atom. The van der Waals surface area contributed by atoms with Crippen molar-refractivity contribution < 1.29 is 6.85 Å². The van der Waals surface area contributed by atoms with Gasteiger partial charge in [-0.2, -0.15) is 0 Å². The number of fused-ring (bicyclic) bond motifs is 3. The maximum atomic E-state index is 8.49. The molecule has 7 aromatic carbocycles. The van der Waals surface area contributed by atoms with Gasteiger partial charge in [-0.1, -0.05) is 133 Å². The quantitative estimate of drug-likeness (QED) is 0.188. The van der Waals surface area contributed by atoms with Crippen LogP contribution in [0.5, 0.6) is 0 Å². The van der Waals surface area contributed by atoms with Gasteiger partial charge in [-0.3, -0.25) is 0 Å². The van der Waals surface area contributed by atoms with E-state index in [1.807, 2.05) is 53.8 Å². The first-order valence-electron chi connectivity index (χ1n) is 17.0. The highest BCUT2D eigenvalue weighted by atomic mass is 32.1. The van der Waals surface area contributed by atoms with E-state index in [4.69, 9.17) is 6.85 Å². The van der Waals surface area contributed by atoms with Crippen molar-refractivity contribution in [2.24, 2.45) is 0 Å². The van der Waals surface area contributed by atoms with Crippen LogP contribution in [0.4, 0.5) is 17.1 Å². The average molecular weight is 585 g/mol. The summed E-state index contributed by atoms with van der Waals surface area (Å²) in [6.45, 7) is 0. The molecule has 8 aromatic rings. The van der Waals surface area contributed by atoms with Crippen molar-refractivity contribution >= 4 is 48.6 Å². The van der Waals surface area contributed by atoms with Crippen LogP contribution in [-0.2, 0) is 0 Å². The highest BCUT2D eigenvalue weighted by molar-refractivity contribution is 7.26. The lowest BCUT2D eigenvalue weighted by atomic mass is 10.0. The lowest BCUT2D eigenvalue weighted by Crippen LogP contribution is -2.10. The fraction of sp³-hybridized carbons (Fsp3) is 0. The zero-order valence-electron chi connectivity index (χ0n) is 28.7. The Morgan fingerprint density at radius 3 is 1.77 bits per heavy atom. The van der Waals surface area contributed by atoms with Gasteiger partial charge in [0.2, 0.25) is 0 Å². The van der Waals surface area contributed by atoms with E-state index in [1.54, 1.807) is 0 Å². The molecule has 1 aromatic heterocycles. The van der Waals surface area contributed by atoms with E-state index < -0.39 is 6.04 Å². The molecule has 0 bridgehead atoms. The molecule has 208 valence electrons. The summed E-state index contributed by atoms with van der Waals surface area (Å²) in [6.07, 6.45) is 0. The largest absolute Gasteiger partial charge is 0.310 e. The second-order valence-corrected chi connectivity index (χ2v) is 11.7. The highest BCUT2D eigenvalue weighted by Gasteiger charge is 2.16. The van der Waals surface area contributed by atoms with Crippen molar-refractivity contribution in [3.8, 4) is 33.4 Å². The first kappa shape index (κ1) is 21.3. The van der Waals surface area contributed by atoms with E-state index in [1.165, 1.54) is 25.7 Å². The van der Waals surface area contributed by atoms with Crippen LogP contribution in [0.25, 0.3) is 53.6 Å². The molecule has 0 N–H and O–H groups in total. The summed E-state index contributed by atoms with van der Waals surface area (Å²) in [5, 5.41) is 2.51. The van der Waals surface area contributed by atoms with Crippen molar-refractivity contribution in [3.05, 3.63) is 176 Å². The third kappa shape index (κ3) is 4.86. The SMILES string of the molecule is [2H]c1c([2H])c([2H])c(-c2ccc(N(c3ccc(-c4ccccc4)cc3)c3cccc(-c4cccc5c4sc4ccccc45)c3)cc2)c([2H])c1[2H]. The van der Waals surface area contributed by atoms with Crippen LogP contribution in [0.1, 0.15) is 6.85 Å². The molecule has 44 heavy (non-hydrogen) atoms. The summed E-state index contributed by atoms with van der Waals surface area (Å²) in [7, 11) is 0. The van der Waals surface area contributed by atoms with Crippen LogP contribution in [-0.4, -0.2) is 0 Å². The molecule has 1 heterocycles. The fourth-order valence-electron chi connectivity index (χ4n) is 5.84. The summed E-state index contributed by atoms with van der Waals surface area (Å²) in [5.74, 6) is 0. The Kier molecular flexibility index (Phi) is 5.48. The van der Waals surface area contributed by atoms with Crippen molar-refractivity contribution in [2.45, 2.75) is 0 Å². The first-order chi connectivity index (χ1) is 23.9. The number of thiophene rings is 1. The van der Waals surface area contributed by atoms with E-state index >= 15 is 0 Å². The smallest absolute Gasteiger partial charge is 0.0629 e. The average Bonchev–Trinajstić information content (AvgIpc) is 3.54. The van der Waals surface area contributed by atoms with Crippen molar-refractivity contribution in [2.75, 3.05) is 4.90 Å². The van der Waals surface area contributed by atoms with Gasteiger partial charge in [0.1, 0.15) is 0 Å². The van der Waals surface area contributed by atoms with E-state index in [2.05, 4.69) is 108 Å². The Bertz CT molecular complexity index is 2460. The van der Waals surface area contributed by atoms with E-state index in [0.29, 0.717) is 5.56 Å². The summed E-state index contributed by atoms with van der Waals surface area (Å²) in [5.41, 5.74) is 8.10. The van der Waals surface area contributed by atoms with Crippen molar-refractivity contribution in [1.82, 2.24) is 0 Å². The van der Waals surface area contributed by atoms with Gasteiger partial charge in [0.05, 0.1) is 6.85 Å². The monoisotopic (exact) mass is 584 g/mol. The third-order valence-corrected chi connectivity index (χ3v) is 9.19. The highest BCUT2D eigenvalue weighted by Crippen LogP contribution is 2.42. The Morgan fingerprint density at radius 1 is 0.432 bits per heavy atom. The Balaban J connectivity index is 1.26. The van der Waals surface area contributed by atoms with Crippen LogP contribution >= 0.6 is 11.3 Å². The number of nitrogens with zero attached hydrogens (tertiary/aromatic N) is 1. The number of rotatable bonds is 6. The topological polar surface area (TPSA) is 3.24 Å². The molecule has 0 fully saturated rings. The van der Waals surface area contributed by atoms with Gasteiger partial charge >= 0.3 is 0 Å². The molecule has 2 heteroatoms. The standard InChI is InChI=1S/C42H29NS/c1-3-11-30(12-4-1)32-21-25-35(26-22-32)43(36-27-23-33(24-28-36)31-13-5-2-6-14-31)37-16-9-15-34(29-37)38-18-10-19-40-39-17-7-8-20-41(39)44-42(38)40/h1-29H/i1D,3D,4D,11D,12D. The lowest BCUT2D eigenvalue weighted by Gasteiger charge is -2.26. The molecule has 0 aliphatic rings. The maximum Gasteiger partial charge on any atom is 0.0629 e. The summed E-state index contributed by atoms with van der Waals surface area (Å²) in [4.78, 5) is 2.19. The van der Waals surface area contributed by atoms with Gasteiger partial charge in [0, 0.05) is 37.2 Å². The third-order valence-electron chi connectivity index (χ3n) is 7.97. The molecule has 0 saturated heterocycles. The van der Waals surface area contributed by atoms with Gasteiger partial charge in [-0.15, -0.1) is 11.3 Å². The van der Waals surface area contributed by atoms with E-state index in [0.717, 1.165) is 33.8 Å². The van der Waals surface area contributed by atoms with Crippen LogP contribution < -0.4 is 4.90 Å². The van der Waals surface area contributed by atoms with E-state index in [9.17, 15) is 0 Å². The Hall–Kier alpha value is -5.44. The molecular weight excluding hydrogens is 551 g/mol. The minimum absolute atomic E-state index is 0.190. The molecule has 1 nitrogen and oxygen atoms in total. The van der Waals surface area contributed by atoms with Crippen molar-refractivity contribution in [1.29, 1.82) is 0 Å². The predicted molar refractivity (Wildman–Crippen MR) is 190 cm³/mol. The predicted octanol–water partition coefficient (Wildman–Crippen LogP) is 12.5. The molecule has 0 amide bonds. The zero-order valence-corrected chi connectivity index (χ0v) is 24.5. The van der Waals surface area contributed by atoms with Gasteiger partial charge in [-0.25, -0.2) is 0 Å². The maximum absolute atomic E-state index is 8.49. The summed E-state index contributed by atoms with van der Waals surface area (Å²) in [6, 6.07) is 48.4. The van der Waals surface area contributed by atoms with Gasteiger partial charge < -0.3 is 4.90 Å². The zero-order chi connectivity index (χ0) is 33.6. The molecule has 0 aliphatic carbocycles. The van der Waals surface area contributed by atoms with E-state index in [-0.39, 0.29) is 29.7 Å². The van der Waals surface area contributed by atoms with Crippen LogP contribution in [0, 0.1) is 0 Å². The molecule has 0 spiro atoms. The van der Waals surface area contributed by atoms with Gasteiger partial charge in [-0.05, 0) is 75.8 Å². The first-order valence-corrected chi connectivity index (χ1v) is 15.3. The normalized spacial score (nSPS) is 12.8. The lowest BCUT2D eigenvalue weighted by molar-refractivity contribution is 1.28. The summed E-state index contributed by atoms with van der Waals surface area (Å²) >= 11 is 1.81. The van der Waals surface area contributed by atoms with Crippen LogP contribution in [0.2, 0.25) is 0 Å². The van der Waals surface area contributed by atoms with Gasteiger partial charge in [0.25, 0.3) is 0 Å². The second kappa shape index (κ2) is 11.3. The van der Waals surface area contributed by atoms with Crippen LogP contribution in [0.15, 0.2) is 176 Å². The molecule has 0 aliphatic heterocycles. The minimum atomic E-state index is -0.397. The number of hydrogen-bond acceptors (Lipinski definition) is 2. The molecular formula is C42H29NS. The molecule has 8 rings (SSSR count). The number of hydrogen-bond donors (Lipinski definition) is 0. The van der Waals surface area contributed by atoms with Crippen LogP contribution in [0.3, 0.4) is 0 Å². The number of anilines is 3. The van der Waals surface area contributed by atoms with Crippen molar-refractivity contribution in [3.63, 3.8) is 0 Å². The number of benzene rings is 7. The second-order valence-electron chi connectivity index (χ2n) is 10.6. The summed E-state index contributed by atoms with van der Waals surface area (Å²) < 4.78 is 43.8. The molecule has 0 atom stereocenters. The molecule has 0 radical (unpaired) electrons. The fourth-order valence-corrected chi connectivity index (χ4v) is 7.08. The Labute approximate surface area is 269 Å². The molecule has 0 saturated carbocycles. The van der Waals surface area contributed by atoms with Gasteiger partial charge in [0.15, 0.2) is 0 Å². The minimum Gasteiger partial charge on any atom is -0.310 e. The molecule has 0 unspecified atom stereocenters.